The van der Waals surface area contributed by atoms with E-state index in [1.807, 2.05) is 6.92 Å². The van der Waals surface area contributed by atoms with Crippen LogP contribution < -0.4 is 10.6 Å². The number of nitrogens with one attached hydrogen (secondary N) is 2. The van der Waals surface area contributed by atoms with Crippen LogP contribution in [0.2, 0.25) is 0 Å². The molecule has 0 radical (unpaired) electrons. The van der Waals surface area contributed by atoms with Crippen LogP contribution in [-0.4, -0.2) is 24.9 Å². The van der Waals surface area contributed by atoms with Crippen LogP contribution >= 0.6 is 0 Å². The predicted molar refractivity (Wildman–Crippen MR) is 60.4 cm³/mol. The molecule has 0 saturated heterocycles. The second-order valence-electron chi connectivity index (χ2n) is 4.06. The van der Waals surface area contributed by atoms with Crippen LogP contribution in [0, 0.1) is 5.92 Å². The lowest BCUT2D eigenvalue weighted by Gasteiger charge is -2.07. The summed E-state index contributed by atoms with van der Waals surface area (Å²) in [5.41, 5.74) is 0. The molecule has 4 heteroatoms. The summed E-state index contributed by atoms with van der Waals surface area (Å²) >= 11 is 0. The molecule has 0 aromatic heterocycles. The highest BCUT2D eigenvalue weighted by Crippen LogP contribution is 1.96. The summed E-state index contributed by atoms with van der Waals surface area (Å²) in [7, 11) is 0. The molecule has 2 N–H and O–H groups in total. The van der Waals surface area contributed by atoms with Crippen LogP contribution in [-0.2, 0) is 9.59 Å². The molecule has 0 saturated carbocycles. The Bertz CT molecular complexity index is 203. The normalized spacial score (nSPS) is 10.1. The maximum absolute atomic E-state index is 11.2. The number of rotatable bonds is 7. The first-order chi connectivity index (χ1) is 7.06. The molecule has 4 nitrogen and oxygen atoms in total. The molecule has 0 aromatic carbocycles. The average Bonchev–Trinajstić information content (AvgIpc) is 2.14. The van der Waals surface area contributed by atoms with E-state index in [0.717, 1.165) is 12.8 Å². The van der Waals surface area contributed by atoms with Gasteiger partial charge in [0.05, 0.1) is 0 Å². The van der Waals surface area contributed by atoms with Gasteiger partial charge in [-0.25, -0.2) is 0 Å². The average molecular weight is 214 g/mol. The Morgan fingerprint density at radius 3 is 2.07 bits per heavy atom. The number of carbonyl (C=O) groups excluding carboxylic acids is 2. The summed E-state index contributed by atoms with van der Waals surface area (Å²) in [5, 5.41) is 5.38. The van der Waals surface area contributed by atoms with Crippen molar-refractivity contribution in [3.8, 4) is 0 Å². The molecule has 0 aromatic rings. The van der Waals surface area contributed by atoms with E-state index in [1.165, 1.54) is 0 Å². The molecule has 0 atom stereocenters. The molecular formula is C11H22N2O2. The van der Waals surface area contributed by atoms with Crippen molar-refractivity contribution in [3.05, 3.63) is 0 Å². The van der Waals surface area contributed by atoms with E-state index >= 15 is 0 Å². The molecule has 88 valence electrons. The minimum Gasteiger partial charge on any atom is -0.356 e. The standard InChI is InChI=1S/C11H22N2O2/c1-4-6-12-10(14)8-11(15)13-7-5-9(2)3/h9H,4-8H2,1-3H3,(H,12,14)(H,13,15). The summed E-state index contributed by atoms with van der Waals surface area (Å²) in [6.07, 6.45) is 1.78. The summed E-state index contributed by atoms with van der Waals surface area (Å²) in [4.78, 5) is 22.4. The van der Waals surface area contributed by atoms with E-state index in [2.05, 4.69) is 24.5 Å². The molecule has 0 aliphatic heterocycles. The predicted octanol–water partition coefficient (Wildman–Crippen LogP) is 1.06. The van der Waals surface area contributed by atoms with Gasteiger partial charge in [-0.05, 0) is 18.8 Å². The molecule has 15 heavy (non-hydrogen) atoms. The van der Waals surface area contributed by atoms with Gasteiger partial charge in [-0.15, -0.1) is 0 Å². The fraction of sp³-hybridized carbons (Fsp3) is 0.818. The molecular weight excluding hydrogens is 192 g/mol. The van der Waals surface area contributed by atoms with Crippen LogP contribution in [0.4, 0.5) is 0 Å². The molecule has 0 rings (SSSR count). The topological polar surface area (TPSA) is 58.2 Å². The molecule has 0 bridgehead atoms. The minimum absolute atomic E-state index is 0.0574. The van der Waals surface area contributed by atoms with Gasteiger partial charge in [0.2, 0.25) is 11.8 Å². The Morgan fingerprint density at radius 1 is 1.07 bits per heavy atom. The minimum atomic E-state index is -0.195. The molecule has 0 unspecified atom stereocenters. The van der Waals surface area contributed by atoms with Crippen LogP contribution in [0.15, 0.2) is 0 Å². The van der Waals surface area contributed by atoms with Gasteiger partial charge >= 0.3 is 0 Å². The summed E-state index contributed by atoms with van der Waals surface area (Å²) < 4.78 is 0. The zero-order valence-corrected chi connectivity index (χ0v) is 9.93. The molecule has 0 heterocycles. The van der Waals surface area contributed by atoms with E-state index in [1.54, 1.807) is 0 Å². The lowest BCUT2D eigenvalue weighted by atomic mass is 10.1. The Hall–Kier alpha value is -1.06. The lowest BCUT2D eigenvalue weighted by molar-refractivity contribution is -0.129. The van der Waals surface area contributed by atoms with Gasteiger partial charge in [0.15, 0.2) is 0 Å². The maximum atomic E-state index is 11.2. The second-order valence-corrected chi connectivity index (χ2v) is 4.06. The first kappa shape index (κ1) is 13.9. The third-order valence-electron chi connectivity index (χ3n) is 1.94. The van der Waals surface area contributed by atoms with Gasteiger partial charge in [-0.2, -0.15) is 0 Å². The van der Waals surface area contributed by atoms with Gasteiger partial charge in [0, 0.05) is 13.1 Å². The zero-order chi connectivity index (χ0) is 11.7. The third kappa shape index (κ3) is 9.25. The van der Waals surface area contributed by atoms with Crippen LogP contribution in [0.25, 0.3) is 0 Å². The van der Waals surface area contributed by atoms with Gasteiger partial charge < -0.3 is 10.6 Å². The SMILES string of the molecule is CCCNC(=O)CC(=O)NCCC(C)C. The van der Waals surface area contributed by atoms with Crippen LogP contribution in [0.3, 0.4) is 0 Å². The summed E-state index contributed by atoms with van der Waals surface area (Å²) in [6, 6.07) is 0. The van der Waals surface area contributed by atoms with Crippen LogP contribution in [0.1, 0.15) is 40.0 Å². The van der Waals surface area contributed by atoms with E-state index in [4.69, 9.17) is 0 Å². The van der Waals surface area contributed by atoms with Crippen molar-refractivity contribution < 1.29 is 9.59 Å². The molecule has 0 aliphatic carbocycles. The molecule has 0 spiro atoms. The van der Waals surface area contributed by atoms with Crippen molar-refractivity contribution in [2.45, 2.75) is 40.0 Å². The van der Waals surface area contributed by atoms with Gasteiger partial charge in [0.25, 0.3) is 0 Å². The number of carbonyl (C=O) groups is 2. The van der Waals surface area contributed by atoms with E-state index in [9.17, 15) is 9.59 Å². The fourth-order valence-corrected chi connectivity index (χ4v) is 1.04. The van der Waals surface area contributed by atoms with Crippen molar-refractivity contribution in [2.75, 3.05) is 13.1 Å². The molecule has 0 fully saturated rings. The number of hydrogen-bond acceptors (Lipinski definition) is 2. The Morgan fingerprint density at radius 2 is 1.60 bits per heavy atom. The van der Waals surface area contributed by atoms with Crippen molar-refractivity contribution in [1.82, 2.24) is 10.6 Å². The van der Waals surface area contributed by atoms with Gasteiger partial charge in [-0.1, -0.05) is 20.8 Å². The van der Waals surface area contributed by atoms with E-state index < -0.39 is 0 Å². The number of hydrogen-bond donors (Lipinski definition) is 2. The van der Waals surface area contributed by atoms with Crippen molar-refractivity contribution in [1.29, 1.82) is 0 Å². The van der Waals surface area contributed by atoms with E-state index in [0.29, 0.717) is 19.0 Å². The highest BCUT2D eigenvalue weighted by atomic mass is 16.2. The maximum Gasteiger partial charge on any atom is 0.229 e. The molecule has 2 amide bonds. The zero-order valence-electron chi connectivity index (χ0n) is 9.93. The third-order valence-corrected chi connectivity index (χ3v) is 1.94. The summed E-state index contributed by atoms with van der Waals surface area (Å²) in [6.45, 7) is 7.46. The Labute approximate surface area is 91.8 Å². The van der Waals surface area contributed by atoms with E-state index in [-0.39, 0.29) is 18.2 Å². The van der Waals surface area contributed by atoms with Crippen LogP contribution in [0.5, 0.6) is 0 Å². The Kier molecular flexibility index (Phi) is 7.68. The quantitative estimate of drug-likeness (QED) is 0.623. The second kappa shape index (κ2) is 8.26. The highest BCUT2D eigenvalue weighted by Gasteiger charge is 2.07. The monoisotopic (exact) mass is 214 g/mol. The van der Waals surface area contributed by atoms with Crippen molar-refractivity contribution in [2.24, 2.45) is 5.92 Å². The first-order valence-corrected chi connectivity index (χ1v) is 5.59. The Balaban J connectivity index is 3.51. The smallest absolute Gasteiger partial charge is 0.229 e. The fourth-order valence-electron chi connectivity index (χ4n) is 1.04. The summed E-state index contributed by atoms with van der Waals surface area (Å²) in [5.74, 6) is 0.183. The van der Waals surface area contributed by atoms with Gasteiger partial charge in [0.1, 0.15) is 6.42 Å². The van der Waals surface area contributed by atoms with Crippen molar-refractivity contribution >= 4 is 11.8 Å². The largest absolute Gasteiger partial charge is 0.356 e. The van der Waals surface area contributed by atoms with Crippen molar-refractivity contribution in [3.63, 3.8) is 0 Å². The first-order valence-electron chi connectivity index (χ1n) is 5.59. The highest BCUT2D eigenvalue weighted by molar-refractivity contribution is 5.96. The number of amides is 2. The molecule has 0 aliphatic rings. The lowest BCUT2D eigenvalue weighted by Crippen LogP contribution is -2.32. The van der Waals surface area contributed by atoms with Gasteiger partial charge in [-0.3, -0.25) is 9.59 Å².